The second-order valence-electron chi connectivity index (χ2n) is 7.10. The zero-order valence-electron chi connectivity index (χ0n) is 13.6. The fraction of sp³-hybridized carbons (Fsp3) is 0.632. The molecule has 124 valence electrons. The van der Waals surface area contributed by atoms with Crippen LogP contribution < -0.4 is 0 Å². The van der Waals surface area contributed by atoms with E-state index in [2.05, 4.69) is 11.0 Å². The number of fused-ring (bicyclic) bond motifs is 1. The van der Waals surface area contributed by atoms with Gasteiger partial charge in [-0.05, 0) is 49.7 Å². The smallest absolute Gasteiger partial charge is 0.255 e. The normalized spacial score (nSPS) is 29.9. The molecule has 4 heteroatoms. The summed E-state index contributed by atoms with van der Waals surface area (Å²) in [5, 5.41) is 0. The third-order valence-electron chi connectivity index (χ3n) is 5.58. The van der Waals surface area contributed by atoms with Gasteiger partial charge in [-0.3, -0.25) is 4.79 Å². The molecule has 1 aliphatic carbocycles. The van der Waals surface area contributed by atoms with Crippen LogP contribution in [-0.2, 0) is 4.74 Å². The average Bonchev–Trinajstić information content (AvgIpc) is 3.29. The van der Waals surface area contributed by atoms with Gasteiger partial charge in [0.05, 0.1) is 11.7 Å². The number of hydrogen-bond acceptors (Lipinski definition) is 3. The van der Waals surface area contributed by atoms with Crippen molar-refractivity contribution in [1.29, 1.82) is 0 Å². The summed E-state index contributed by atoms with van der Waals surface area (Å²) >= 11 is 1.78. The predicted molar refractivity (Wildman–Crippen MR) is 92.9 cm³/mol. The minimum absolute atomic E-state index is 0.231. The first kappa shape index (κ1) is 15.5. The summed E-state index contributed by atoms with van der Waals surface area (Å²) in [5.74, 6) is 2.70. The highest BCUT2D eigenvalue weighted by Crippen LogP contribution is 2.38. The van der Waals surface area contributed by atoms with Crippen molar-refractivity contribution < 1.29 is 9.53 Å². The molecule has 3 aliphatic rings. The number of rotatable bonds is 4. The molecule has 2 heterocycles. The van der Waals surface area contributed by atoms with Gasteiger partial charge in [0.25, 0.3) is 5.91 Å². The Labute approximate surface area is 142 Å². The topological polar surface area (TPSA) is 29.5 Å². The molecule has 0 unspecified atom stereocenters. The zero-order valence-corrected chi connectivity index (χ0v) is 14.4. The molecular formula is C19H25NO2S. The van der Waals surface area contributed by atoms with Crippen LogP contribution in [0.5, 0.6) is 0 Å². The molecule has 1 amide bonds. The van der Waals surface area contributed by atoms with E-state index in [9.17, 15) is 4.79 Å². The largest absolute Gasteiger partial charge is 0.377 e. The molecule has 2 saturated heterocycles. The van der Waals surface area contributed by atoms with E-state index < -0.39 is 0 Å². The van der Waals surface area contributed by atoms with Gasteiger partial charge in [0.2, 0.25) is 0 Å². The van der Waals surface area contributed by atoms with Gasteiger partial charge in [0.15, 0.2) is 0 Å². The van der Waals surface area contributed by atoms with Crippen LogP contribution in [0.3, 0.4) is 0 Å². The zero-order chi connectivity index (χ0) is 15.6. The van der Waals surface area contributed by atoms with Crippen molar-refractivity contribution in [2.24, 2.45) is 11.8 Å². The summed E-state index contributed by atoms with van der Waals surface area (Å²) < 4.78 is 5.71. The minimum atomic E-state index is 0.231. The maximum Gasteiger partial charge on any atom is 0.255 e. The Balaban J connectivity index is 1.44. The van der Waals surface area contributed by atoms with E-state index in [-0.39, 0.29) is 5.91 Å². The molecule has 0 spiro atoms. The Kier molecular flexibility index (Phi) is 4.63. The summed E-state index contributed by atoms with van der Waals surface area (Å²) in [6.45, 7) is 2.82. The first-order valence-corrected chi connectivity index (χ1v) is 9.92. The molecule has 2 aliphatic heterocycles. The van der Waals surface area contributed by atoms with Crippen LogP contribution in [0.4, 0.5) is 0 Å². The highest BCUT2D eigenvalue weighted by molar-refractivity contribution is 7.99. The van der Waals surface area contributed by atoms with Gasteiger partial charge in [-0.2, -0.15) is 0 Å². The van der Waals surface area contributed by atoms with Crippen molar-refractivity contribution in [3.63, 3.8) is 0 Å². The molecule has 3 atom stereocenters. The molecule has 0 N–H and O–H groups in total. The van der Waals surface area contributed by atoms with Crippen molar-refractivity contribution >= 4 is 17.7 Å². The number of nitrogens with zero attached hydrogens (tertiary/aromatic N) is 1. The summed E-state index contributed by atoms with van der Waals surface area (Å²) in [4.78, 5) is 16.2. The molecule has 23 heavy (non-hydrogen) atoms. The number of ether oxygens (including phenoxy) is 1. The molecule has 4 rings (SSSR count). The second-order valence-corrected chi connectivity index (χ2v) is 8.17. The monoisotopic (exact) mass is 331 g/mol. The van der Waals surface area contributed by atoms with Crippen molar-refractivity contribution in [2.75, 3.05) is 25.4 Å². The first-order valence-electron chi connectivity index (χ1n) is 8.94. The van der Waals surface area contributed by atoms with Crippen molar-refractivity contribution in [3.8, 4) is 0 Å². The third-order valence-corrected chi connectivity index (χ3v) is 6.79. The van der Waals surface area contributed by atoms with Gasteiger partial charge < -0.3 is 9.64 Å². The van der Waals surface area contributed by atoms with E-state index in [1.54, 1.807) is 11.8 Å². The quantitative estimate of drug-likeness (QED) is 0.785. The highest BCUT2D eigenvalue weighted by Gasteiger charge is 2.38. The lowest BCUT2D eigenvalue weighted by Gasteiger charge is -2.19. The summed E-state index contributed by atoms with van der Waals surface area (Å²) in [6.07, 6.45) is 6.65. The van der Waals surface area contributed by atoms with E-state index >= 15 is 0 Å². The SMILES string of the molecule is O=C(c1ccccc1SC[C@@H]1CCCO1)N1C[C@@H]2CCC[C@H]2C1. The Bertz CT molecular complexity index is 558. The van der Waals surface area contributed by atoms with Crippen LogP contribution in [-0.4, -0.2) is 42.4 Å². The van der Waals surface area contributed by atoms with Gasteiger partial charge in [0.1, 0.15) is 0 Å². The molecule has 0 radical (unpaired) electrons. The molecule has 3 nitrogen and oxygen atoms in total. The van der Waals surface area contributed by atoms with Crippen molar-refractivity contribution in [1.82, 2.24) is 4.90 Å². The fourth-order valence-electron chi connectivity index (χ4n) is 4.30. The number of carbonyl (C=O) groups is 1. The van der Waals surface area contributed by atoms with Gasteiger partial charge in [0, 0.05) is 30.3 Å². The minimum Gasteiger partial charge on any atom is -0.377 e. The van der Waals surface area contributed by atoms with Gasteiger partial charge >= 0.3 is 0 Å². The number of thioether (sulfide) groups is 1. The lowest BCUT2D eigenvalue weighted by Crippen LogP contribution is -2.30. The number of carbonyl (C=O) groups excluding carboxylic acids is 1. The van der Waals surface area contributed by atoms with E-state index in [4.69, 9.17) is 4.74 Å². The number of likely N-dealkylation sites (tertiary alicyclic amines) is 1. The molecule has 0 aromatic heterocycles. The standard InChI is InChI=1S/C19H25NO2S/c21-19(20-11-14-5-3-6-15(14)12-20)17-8-1-2-9-18(17)23-13-16-7-4-10-22-16/h1-2,8-9,14-16H,3-7,10-13H2/t14-,15-,16-/m0/s1. The molecule has 3 fully saturated rings. The van der Waals surface area contributed by atoms with Crippen molar-refractivity contribution in [2.45, 2.75) is 43.1 Å². The molecule has 1 saturated carbocycles. The summed E-state index contributed by atoms with van der Waals surface area (Å²) in [6, 6.07) is 8.10. The third kappa shape index (κ3) is 3.29. The van der Waals surface area contributed by atoms with Crippen LogP contribution in [0, 0.1) is 11.8 Å². The lowest BCUT2D eigenvalue weighted by molar-refractivity contribution is 0.0777. The summed E-state index contributed by atoms with van der Waals surface area (Å²) in [5.41, 5.74) is 0.885. The Morgan fingerprint density at radius 3 is 2.65 bits per heavy atom. The predicted octanol–water partition coefficient (Wildman–Crippen LogP) is 3.83. The van der Waals surface area contributed by atoms with Crippen LogP contribution in [0.25, 0.3) is 0 Å². The van der Waals surface area contributed by atoms with Gasteiger partial charge in [-0.15, -0.1) is 11.8 Å². The van der Waals surface area contributed by atoms with Crippen molar-refractivity contribution in [3.05, 3.63) is 29.8 Å². The maximum absolute atomic E-state index is 13.0. The first-order chi connectivity index (χ1) is 11.3. The van der Waals surface area contributed by atoms with Gasteiger partial charge in [-0.25, -0.2) is 0 Å². The maximum atomic E-state index is 13.0. The lowest BCUT2D eigenvalue weighted by atomic mass is 10.0. The molecule has 1 aromatic carbocycles. The Hall–Kier alpha value is -1.00. The number of benzene rings is 1. The fourth-order valence-corrected chi connectivity index (χ4v) is 5.41. The molecule has 0 bridgehead atoms. The second kappa shape index (κ2) is 6.86. The number of hydrogen-bond donors (Lipinski definition) is 0. The Morgan fingerprint density at radius 1 is 1.13 bits per heavy atom. The number of amides is 1. The van der Waals surface area contributed by atoms with E-state index in [1.807, 2.05) is 18.2 Å². The van der Waals surface area contributed by atoms with E-state index in [0.29, 0.717) is 6.10 Å². The van der Waals surface area contributed by atoms with Crippen LogP contribution in [0.15, 0.2) is 29.2 Å². The van der Waals surface area contributed by atoms with Gasteiger partial charge in [-0.1, -0.05) is 18.6 Å². The Morgan fingerprint density at radius 2 is 1.91 bits per heavy atom. The van der Waals surface area contributed by atoms with Crippen LogP contribution in [0.2, 0.25) is 0 Å². The van der Waals surface area contributed by atoms with E-state index in [0.717, 1.165) is 54.2 Å². The summed E-state index contributed by atoms with van der Waals surface area (Å²) in [7, 11) is 0. The highest BCUT2D eigenvalue weighted by atomic mass is 32.2. The molecule has 1 aromatic rings. The van der Waals surface area contributed by atoms with Crippen LogP contribution in [0.1, 0.15) is 42.5 Å². The molecular weight excluding hydrogens is 306 g/mol. The van der Waals surface area contributed by atoms with E-state index in [1.165, 1.54) is 25.7 Å². The van der Waals surface area contributed by atoms with Crippen LogP contribution >= 0.6 is 11.8 Å². The average molecular weight is 331 g/mol.